The highest BCUT2D eigenvalue weighted by Crippen LogP contribution is 2.38. The highest BCUT2D eigenvalue weighted by Gasteiger charge is 2.26. The second-order valence-corrected chi connectivity index (χ2v) is 4.30. The molecule has 2 N–H and O–H groups in total. The number of carbonyl (C=O) groups is 1. The van der Waals surface area contributed by atoms with Crippen LogP contribution in [0.4, 0.5) is 0 Å². The number of aromatic amines is 1. The summed E-state index contributed by atoms with van der Waals surface area (Å²) < 4.78 is 4.92. The number of hydrogen-bond donors (Lipinski definition) is 2. The summed E-state index contributed by atoms with van der Waals surface area (Å²) in [6.07, 6.45) is 5.58. The number of rotatable bonds is 4. The van der Waals surface area contributed by atoms with Gasteiger partial charge in [-0.25, -0.2) is 0 Å². The number of nitrogens with one attached hydrogen (secondary N) is 2. The summed E-state index contributed by atoms with van der Waals surface area (Å²) in [5.74, 6) is 0.423. The zero-order chi connectivity index (χ0) is 11.7. The van der Waals surface area contributed by atoms with Gasteiger partial charge in [-0.2, -0.15) is 5.10 Å². The minimum atomic E-state index is -0.158. The van der Waals surface area contributed by atoms with Crippen LogP contribution in [0, 0.1) is 0 Å². The van der Waals surface area contributed by atoms with Gasteiger partial charge in [0.2, 0.25) is 0 Å². The van der Waals surface area contributed by atoms with Gasteiger partial charge < -0.3 is 9.73 Å². The maximum absolute atomic E-state index is 11.8. The lowest BCUT2D eigenvalue weighted by atomic mass is 10.2. The van der Waals surface area contributed by atoms with Crippen molar-refractivity contribution in [2.45, 2.75) is 25.3 Å². The molecular weight excluding hydrogens is 218 g/mol. The van der Waals surface area contributed by atoms with Crippen LogP contribution in [0.25, 0.3) is 0 Å². The molecule has 1 aliphatic carbocycles. The maximum Gasteiger partial charge on any atom is 0.272 e. The van der Waals surface area contributed by atoms with Crippen molar-refractivity contribution in [3.8, 4) is 0 Å². The Labute approximate surface area is 98.2 Å². The molecule has 1 amide bonds. The first-order valence-corrected chi connectivity index (χ1v) is 5.67. The van der Waals surface area contributed by atoms with Gasteiger partial charge in [-0.05, 0) is 25.0 Å². The molecule has 5 nitrogen and oxygen atoms in total. The largest absolute Gasteiger partial charge is 0.472 e. The van der Waals surface area contributed by atoms with Gasteiger partial charge in [0.25, 0.3) is 5.91 Å². The number of carbonyl (C=O) groups excluding carboxylic acids is 1. The van der Waals surface area contributed by atoms with E-state index in [-0.39, 0.29) is 5.91 Å². The van der Waals surface area contributed by atoms with Crippen LogP contribution in [0.1, 0.15) is 40.5 Å². The number of hydrogen-bond acceptors (Lipinski definition) is 3. The first kappa shape index (κ1) is 10.1. The van der Waals surface area contributed by atoms with E-state index in [9.17, 15) is 4.79 Å². The van der Waals surface area contributed by atoms with E-state index in [1.165, 1.54) is 12.8 Å². The first-order valence-electron chi connectivity index (χ1n) is 5.67. The smallest absolute Gasteiger partial charge is 0.272 e. The lowest BCUT2D eigenvalue weighted by molar-refractivity contribution is 0.0946. The SMILES string of the molecule is O=C(NCc1ccoc1)c1cc(C2CC2)[nH]n1. The van der Waals surface area contributed by atoms with Gasteiger partial charge in [0.1, 0.15) is 5.69 Å². The lowest BCUT2D eigenvalue weighted by Gasteiger charge is -1.99. The van der Waals surface area contributed by atoms with Crippen LogP contribution >= 0.6 is 0 Å². The Balaban J connectivity index is 1.60. The van der Waals surface area contributed by atoms with Crippen molar-refractivity contribution in [2.24, 2.45) is 0 Å². The second kappa shape index (κ2) is 4.08. The molecule has 1 saturated carbocycles. The highest BCUT2D eigenvalue weighted by atomic mass is 16.3. The lowest BCUT2D eigenvalue weighted by Crippen LogP contribution is -2.22. The van der Waals surface area contributed by atoms with Crippen LogP contribution in [-0.4, -0.2) is 16.1 Å². The minimum Gasteiger partial charge on any atom is -0.472 e. The fourth-order valence-electron chi connectivity index (χ4n) is 1.72. The van der Waals surface area contributed by atoms with Crippen molar-refractivity contribution >= 4 is 5.91 Å². The number of H-pyrrole nitrogens is 1. The number of furan rings is 1. The average Bonchev–Trinajstić information content (AvgIpc) is 2.88. The third-order valence-electron chi connectivity index (χ3n) is 2.88. The quantitative estimate of drug-likeness (QED) is 0.843. The summed E-state index contributed by atoms with van der Waals surface area (Å²) in [5.41, 5.74) is 2.46. The average molecular weight is 231 g/mol. The van der Waals surface area contributed by atoms with Crippen molar-refractivity contribution in [1.29, 1.82) is 0 Å². The van der Waals surface area contributed by atoms with Crippen LogP contribution in [0.5, 0.6) is 0 Å². The number of nitrogens with zero attached hydrogens (tertiary/aromatic N) is 1. The van der Waals surface area contributed by atoms with Crippen LogP contribution in [0.15, 0.2) is 29.1 Å². The van der Waals surface area contributed by atoms with Gasteiger partial charge in [-0.3, -0.25) is 9.89 Å². The van der Waals surface area contributed by atoms with Gasteiger partial charge in [0.05, 0.1) is 12.5 Å². The van der Waals surface area contributed by atoms with Crippen LogP contribution in [0.3, 0.4) is 0 Å². The molecular formula is C12H13N3O2. The van der Waals surface area contributed by atoms with Crippen LogP contribution < -0.4 is 5.32 Å². The summed E-state index contributed by atoms with van der Waals surface area (Å²) in [7, 11) is 0. The van der Waals surface area contributed by atoms with Gasteiger partial charge in [-0.15, -0.1) is 0 Å². The molecule has 1 aliphatic rings. The van der Waals surface area contributed by atoms with Crippen molar-refractivity contribution in [1.82, 2.24) is 15.5 Å². The molecule has 0 aromatic carbocycles. The highest BCUT2D eigenvalue weighted by molar-refractivity contribution is 5.92. The summed E-state index contributed by atoms with van der Waals surface area (Å²) in [6, 6.07) is 3.66. The normalized spacial score (nSPS) is 14.8. The zero-order valence-electron chi connectivity index (χ0n) is 9.27. The van der Waals surface area contributed by atoms with E-state index >= 15 is 0 Å². The molecule has 0 aliphatic heterocycles. The molecule has 2 heterocycles. The van der Waals surface area contributed by atoms with E-state index in [1.807, 2.05) is 12.1 Å². The van der Waals surface area contributed by atoms with Crippen LogP contribution in [-0.2, 0) is 6.54 Å². The van der Waals surface area contributed by atoms with E-state index in [1.54, 1.807) is 12.5 Å². The molecule has 1 fully saturated rings. The Morgan fingerprint density at radius 2 is 2.47 bits per heavy atom. The summed E-state index contributed by atoms with van der Waals surface area (Å²) in [6.45, 7) is 0.459. The van der Waals surface area contributed by atoms with Crippen molar-refractivity contribution in [2.75, 3.05) is 0 Å². The fourth-order valence-corrected chi connectivity index (χ4v) is 1.72. The minimum absolute atomic E-state index is 0.158. The molecule has 3 rings (SSSR count). The third-order valence-corrected chi connectivity index (χ3v) is 2.88. The van der Waals surface area contributed by atoms with Crippen molar-refractivity contribution in [3.63, 3.8) is 0 Å². The van der Waals surface area contributed by atoms with Crippen LogP contribution in [0.2, 0.25) is 0 Å². The van der Waals surface area contributed by atoms with E-state index < -0.39 is 0 Å². The van der Waals surface area contributed by atoms with Gasteiger partial charge in [0, 0.05) is 23.7 Å². The molecule has 5 heteroatoms. The molecule has 0 radical (unpaired) electrons. The molecule has 0 spiro atoms. The Morgan fingerprint density at radius 3 is 3.18 bits per heavy atom. The zero-order valence-corrected chi connectivity index (χ0v) is 9.27. The first-order chi connectivity index (χ1) is 8.33. The Kier molecular flexibility index (Phi) is 2.44. The molecule has 0 atom stereocenters. The third kappa shape index (κ3) is 2.22. The van der Waals surface area contributed by atoms with Crippen molar-refractivity contribution in [3.05, 3.63) is 41.6 Å². The number of aromatic nitrogens is 2. The molecule has 17 heavy (non-hydrogen) atoms. The van der Waals surface area contributed by atoms with E-state index in [0.29, 0.717) is 18.2 Å². The Bertz CT molecular complexity index is 512. The predicted octanol–water partition coefficient (Wildman–Crippen LogP) is 1.81. The summed E-state index contributed by atoms with van der Waals surface area (Å²) in [5, 5.41) is 9.72. The predicted molar refractivity (Wildman–Crippen MR) is 60.4 cm³/mol. The fraction of sp³-hybridized carbons (Fsp3) is 0.333. The van der Waals surface area contributed by atoms with E-state index in [2.05, 4.69) is 15.5 Å². The summed E-state index contributed by atoms with van der Waals surface area (Å²) in [4.78, 5) is 11.8. The Morgan fingerprint density at radius 1 is 1.59 bits per heavy atom. The molecule has 2 aromatic rings. The molecule has 0 unspecified atom stereocenters. The molecule has 88 valence electrons. The second-order valence-electron chi connectivity index (χ2n) is 4.30. The van der Waals surface area contributed by atoms with Crippen molar-refractivity contribution < 1.29 is 9.21 Å². The topological polar surface area (TPSA) is 70.9 Å². The summed E-state index contributed by atoms with van der Waals surface area (Å²) >= 11 is 0. The maximum atomic E-state index is 11.8. The Hall–Kier alpha value is -2.04. The standard InChI is InChI=1S/C12H13N3O2/c16-12(13-6-8-3-4-17-7-8)11-5-10(14-15-11)9-1-2-9/h3-5,7,9H,1-2,6H2,(H,13,16)(H,14,15). The van der Waals surface area contributed by atoms with Gasteiger partial charge >= 0.3 is 0 Å². The molecule has 0 saturated heterocycles. The molecule has 2 aromatic heterocycles. The molecule has 0 bridgehead atoms. The van der Waals surface area contributed by atoms with Gasteiger partial charge in [0.15, 0.2) is 0 Å². The van der Waals surface area contributed by atoms with Gasteiger partial charge in [-0.1, -0.05) is 0 Å². The van der Waals surface area contributed by atoms with E-state index in [4.69, 9.17) is 4.42 Å². The monoisotopic (exact) mass is 231 g/mol. The van der Waals surface area contributed by atoms with E-state index in [0.717, 1.165) is 11.3 Å². The number of amides is 1.